The number of fused-ring (bicyclic) bond motifs is 1. The lowest BCUT2D eigenvalue weighted by Crippen LogP contribution is -2.41. The fourth-order valence-electron chi connectivity index (χ4n) is 1.80. The second kappa shape index (κ2) is 1.89. The van der Waals surface area contributed by atoms with E-state index in [2.05, 4.69) is 10.6 Å². The number of nitrogens with zero attached hydrogens (tertiary/aromatic N) is 1. The molecule has 2 aliphatic rings. The lowest BCUT2D eigenvalue weighted by atomic mass is 10.2. The molecule has 1 saturated carbocycles. The van der Waals surface area contributed by atoms with Crippen LogP contribution in [0.4, 0.5) is 11.5 Å². The van der Waals surface area contributed by atoms with E-state index in [1.54, 1.807) is 0 Å². The first-order chi connectivity index (χ1) is 6.21. The molecule has 1 spiro atoms. The van der Waals surface area contributed by atoms with Gasteiger partial charge in [-0.2, -0.15) is 0 Å². The van der Waals surface area contributed by atoms with E-state index in [9.17, 15) is 4.79 Å². The Labute approximate surface area is 75.9 Å². The summed E-state index contributed by atoms with van der Waals surface area (Å²) in [5, 5.41) is 6.21. The Kier molecular flexibility index (Phi) is 1.02. The molecule has 0 bridgehead atoms. The third-order valence-corrected chi connectivity index (χ3v) is 2.86. The van der Waals surface area contributed by atoms with Gasteiger partial charge in [0, 0.05) is 13.2 Å². The monoisotopic (exact) mass is 177 g/mol. The molecule has 1 fully saturated rings. The molecule has 0 atom stereocenters. The summed E-state index contributed by atoms with van der Waals surface area (Å²) in [6.45, 7) is 0. The maximum absolute atomic E-state index is 11.6. The van der Waals surface area contributed by atoms with Crippen molar-refractivity contribution in [1.29, 1.82) is 0 Å². The number of carbonyl (C=O) groups excluding carboxylic acids is 1. The summed E-state index contributed by atoms with van der Waals surface area (Å²) in [4.78, 5) is 11.6. The van der Waals surface area contributed by atoms with Crippen molar-refractivity contribution < 1.29 is 4.79 Å². The van der Waals surface area contributed by atoms with Gasteiger partial charge >= 0.3 is 0 Å². The van der Waals surface area contributed by atoms with Gasteiger partial charge in [-0.25, -0.2) is 0 Å². The predicted octanol–water partition coefficient (Wildman–Crippen LogP) is 0.922. The summed E-state index contributed by atoms with van der Waals surface area (Å²) in [5.74, 6) is 0.990. The molecule has 1 amide bonds. The average Bonchev–Trinajstić information content (AvgIpc) is 2.79. The van der Waals surface area contributed by atoms with Crippen molar-refractivity contribution in [1.82, 2.24) is 4.57 Å². The molecule has 0 saturated heterocycles. The smallest absolute Gasteiger partial charge is 0.251 e. The van der Waals surface area contributed by atoms with Crippen molar-refractivity contribution in [2.45, 2.75) is 18.4 Å². The van der Waals surface area contributed by atoms with Gasteiger partial charge in [0.05, 0.1) is 5.69 Å². The fraction of sp³-hybridized carbons (Fsp3) is 0.444. The van der Waals surface area contributed by atoms with Crippen LogP contribution in [-0.2, 0) is 11.8 Å². The van der Waals surface area contributed by atoms with E-state index in [1.807, 2.05) is 23.9 Å². The molecule has 4 nitrogen and oxygen atoms in total. The first-order valence-electron chi connectivity index (χ1n) is 4.46. The van der Waals surface area contributed by atoms with E-state index in [0.717, 1.165) is 24.3 Å². The molecule has 3 rings (SSSR count). The SMILES string of the molecule is Cn1ccc2c1NC(=O)C1(CC1)N2. The molecule has 0 aromatic carbocycles. The minimum Gasteiger partial charge on any atom is -0.368 e. The first-order valence-corrected chi connectivity index (χ1v) is 4.46. The van der Waals surface area contributed by atoms with Crippen LogP contribution < -0.4 is 10.6 Å². The van der Waals surface area contributed by atoms with Crippen LogP contribution in [0.3, 0.4) is 0 Å². The molecule has 1 aromatic heterocycles. The third-order valence-electron chi connectivity index (χ3n) is 2.86. The summed E-state index contributed by atoms with van der Waals surface area (Å²) < 4.78 is 1.91. The van der Waals surface area contributed by atoms with E-state index < -0.39 is 0 Å². The third kappa shape index (κ3) is 0.775. The second-order valence-corrected chi connectivity index (χ2v) is 3.85. The van der Waals surface area contributed by atoms with E-state index >= 15 is 0 Å². The number of carbonyl (C=O) groups is 1. The van der Waals surface area contributed by atoms with Gasteiger partial charge in [0.1, 0.15) is 11.4 Å². The molecule has 1 aromatic rings. The number of hydrogen-bond donors (Lipinski definition) is 2. The first kappa shape index (κ1) is 7.00. The topological polar surface area (TPSA) is 46.1 Å². The Hall–Kier alpha value is -1.45. The van der Waals surface area contributed by atoms with Crippen LogP contribution in [0.25, 0.3) is 0 Å². The lowest BCUT2D eigenvalue weighted by molar-refractivity contribution is -0.117. The summed E-state index contributed by atoms with van der Waals surface area (Å²) in [5.41, 5.74) is 0.772. The molecule has 1 aliphatic heterocycles. The molecule has 4 heteroatoms. The van der Waals surface area contributed by atoms with Gasteiger partial charge in [-0.3, -0.25) is 4.79 Å². The van der Waals surface area contributed by atoms with Crippen LogP contribution >= 0.6 is 0 Å². The zero-order valence-electron chi connectivity index (χ0n) is 7.42. The van der Waals surface area contributed by atoms with Gasteiger partial charge in [0.25, 0.3) is 5.91 Å². The zero-order valence-corrected chi connectivity index (χ0v) is 7.42. The lowest BCUT2D eigenvalue weighted by Gasteiger charge is -2.24. The van der Waals surface area contributed by atoms with Crippen molar-refractivity contribution in [3.05, 3.63) is 12.3 Å². The van der Waals surface area contributed by atoms with Crippen molar-refractivity contribution >= 4 is 17.4 Å². The Morgan fingerprint density at radius 2 is 2.31 bits per heavy atom. The Morgan fingerprint density at radius 3 is 3.00 bits per heavy atom. The predicted molar refractivity (Wildman–Crippen MR) is 49.6 cm³/mol. The quantitative estimate of drug-likeness (QED) is 0.619. The van der Waals surface area contributed by atoms with Crippen LogP contribution in [-0.4, -0.2) is 16.0 Å². The van der Waals surface area contributed by atoms with Gasteiger partial charge in [0.15, 0.2) is 0 Å². The molecule has 2 N–H and O–H groups in total. The van der Waals surface area contributed by atoms with E-state index in [0.29, 0.717) is 0 Å². The van der Waals surface area contributed by atoms with Crippen molar-refractivity contribution in [3.63, 3.8) is 0 Å². The standard InChI is InChI=1S/C9H11N3O/c1-12-5-2-6-7(12)10-8(13)9(11-6)3-4-9/h2,5,11H,3-4H2,1H3,(H,10,13). The Morgan fingerprint density at radius 1 is 1.54 bits per heavy atom. The maximum Gasteiger partial charge on any atom is 0.251 e. The van der Waals surface area contributed by atoms with Gasteiger partial charge < -0.3 is 15.2 Å². The van der Waals surface area contributed by atoms with Crippen LogP contribution in [0.15, 0.2) is 12.3 Å². The zero-order chi connectivity index (χ0) is 9.05. The molecule has 0 radical (unpaired) electrons. The molecule has 68 valence electrons. The number of aryl methyl sites for hydroxylation is 1. The highest BCUT2D eigenvalue weighted by Crippen LogP contribution is 2.44. The number of aromatic nitrogens is 1. The number of rotatable bonds is 0. The molecular weight excluding hydrogens is 166 g/mol. The minimum absolute atomic E-state index is 0.113. The van der Waals surface area contributed by atoms with Gasteiger partial charge in [-0.1, -0.05) is 0 Å². The number of nitrogens with one attached hydrogen (secondary N) is 2. The van der Waals surface area contributed by atoms with Gasteiger partial charge in [-0.15, -0.1) is 0 Å². The molecular formula is C9H11N3O. The van der Waals surface area contributed by atoms with E-state index in [1.165, 1.54) is 0 Å². The molecule has 2 heterocycles. The molecule has 13 heavy (non-hydrogen) atoms. The number of amides is 1. The highest BCUT2D eigenvalue weighted by molar-refractivity contribution is 6.07. The van der Waals surface area contributed by atoms with Crippen LogP contribution in [0.5, 0.6) is 0 Å². The highest BCUT2D eigenvalue weighted by atomic mass is 16.2. The van der Waals surface area contributed by atoms with Crippen molar-refractivity contribution in [2.24, 2.45) is 7.05 Å². The van der Waals surface area contributed by atoms with Crippen LogP contribution in [0.1, 0.15) is 12.8 Å². The highest BCUT2D eigenvalue weighted by Gasteiger charge is 2.52. The summed E-state index contributed by atoms with van der Waals surface area (Å²) in [6, 6.07) is 1.99. The van der Waals surface area contributed by atoms with Crippen LogP contribution in [0.2, 0.25) is 0 Å². The normalized spacial score (nSPS) is 22.1. The fourth-order valence-corrected chi connectivity index (χ4v) is 1.80. The number of hydrogen-bond acceptors (Lipinski definition) is 2. The van der Waals surface area contributed by atoms with E-state index in [4.69, 9.17) is 0 Å². The van der Waals surface area contributed by atoms with Gasteiger partial charge in [0.2, 0.25) is 0 Å². The summed E-state index contributed by atoms with van der Waals surface area (Å²) in [7, 11) is 1.92. The van der Waals surface area contributed by atoms with Crippen molar-refractivity contribution in [2.75, 3.05) is 10.6 Å². The average molecular weight is 177 g/mol. The second-order valence-electron chi connectivity index (χ2n) is 3.85. The largest absolute Gasteiger partial charge is 0.368 e. The van der Waals surface area contributed by atoms with Crippen molar-refractivity contribution in [3.8, 4) is 0 Å². The van der Waals surface area contributed by atoms with Gasteiger partial charge in [-0.05, 0) is 18.9 Å². The Bertz CT molecular complexity index is 390. The summed E-state index contributed by atoms with van der Waals surface area (Å²) in [6.07, 6.45) is 3.85. The molecule has 1 aliphatic carbocycles. The maximum atomic E-state index is 11.6. The van der Waals surface area contributed by atoms with E-state index in [-0.39, 0.29) is 11.4 Å². The van der Waals surface area contributed by atoms with Crippen LogP contribution in [0, 0.1) is 0 Å². The molecule has 0 unspecified atom stereocenters. The number of anilines is 2. The summed E-state index contributed by atoms with van der Waals surface area (Å²) >= 11 is 0. The minimum atomic E-state index is -0.269. The Balaban J connectivity index is 2.09.